The number of phenols is 1. The van der Waals surface area contributed by atoms with E-state index in [0.29, 0.717) is 62.2 Å². The van der Waals surface area contributed by atoms with E-state index in [1.165, 1.54) is 30.5 Å². The smallest absolute Gasteiger partial charge is 0.319 e. The number of nitrogens with zero attached hydrogens (tertiary/aromatic N) is 7. The van der Waals surface area contributed by atoms with Crippen LogP contribution in [0.3, 0.4) is 0 Å². The number of anilines is 1. The van der Waals surface area contributed by atoms with Gasteiger partial charge in [-0.3, -0.25) is 14.8 Å². The molecule has 0 aliphatic carbocycles. The Morgan fingerprint density at radius 1 is 1.15 bits per heavy atom. The van der Waals surface area contributed by atoms with E-state index in [1.54, 1.807) is 6.07 Å². The predicted octanol–water partition coefficient (Wildman–Crippen LogP) is 4.59. The molecule has 4 fully saturated rings. The molecule has 0 radical (unpaired) electrons. The van der Waals surface area contributed by atoms with Crippen LogP contribution in [-0.4, -0.2) is 106 Å². The lowest BCUT2D eigenvalue weighted by atomic mass is 9.95. The molecule has 244 valence electrons. The Kier molecular flexibility index (Phi) is 7.54. The molecule has 0 bridgehead atoms. The van der Waals surface area contributed by atoms with Gasteiger partial charge in [-0.05, 0) is 43.0 Å². The second-order valence-corrected chi connectivity index (χ2v) is 13.1. The van der Waals surface area contributed by atoms with Crippen molar-refractivity contribution in [3.63, 3.8) is 0 Å². The Morgan fingerprint density at radius 3 is 2.85 bits per heavy atom. The van der Waals surface area contributed by atoms with Crippen molar-refractivity contribution >= 4 is 27.5 Å². The highest BCUT2D eigenvalue weighted by atomic mass is 19.1. The molecule has 4 aliphatic rings. The Morgan fingerprint density at radius 2 is 2.02 bits per heavy atom. The third kappa shape index (κ3) is 5.48. The average molecular weight is 646 g/mol. The van der Waals surface area contributed by atoms with E-state index in [9.17, 15) is 14.8 Å². The summed E-state index contributed by atoms with van der Waals surface area (Å²) < 4.78 is 58.0. The molecule has 4 aliphatic heterocycles. The molecule has 6 heterocycles. The number of phenolic OH excluding ortho intramolecular Hbond substituents is 1. The Balaban J connectivity index is 1.22. The van der Waals surface area contributed by atoms with Crippen molar-refractivity contribution in [2.45, 2.75) is 49.5 Å². The first-order valence-corrected chi connectivity index (χ1v) is 16.1. The number of epoxide rings is 1. The number of aromatic hydroxyl groups is 1. The highest BCUT2D eigenvalue weighted by Gasteiger charge is 2.49. The molecule has 4 atom stereocenters. The number of hydrogen-bond donors (Lipinski definition) is 1. The van der Waals surface area contributed by atoms with Crippen molar-refractivity contribution in [2.75, 3.05) is 57.4 Å². The normalized spacial score (nSPS) is 26.2. The Bertz CT molecular complexity index is 1900. The van der Waals surface area contributed by atoms with Gasteiger partial charge in [0, 0.05) is 62.3 Å². The minimum atomic E-state index is -0.940. The summed E-state index contributed by atoms with van der Waals surface area (Å²) in [6.07, 6.45) is 3.08. The minimum Gasteiger partial charge on any atom is -0.508 e. The number of benzene rings is 2. The summed E-state index contributed by atoms with van der Waals surface area (Å²) in [5, 5.41) is 20.9. The summed E-state index contributed by atoms with van der Waals surface area (Å²) in [5.41, 5.74) is -0.617. The van der Waals surface area contributed by atoms with E-state index in [0.717, 1.165) is 25.9 Å². The first-order chi connectivity index (χ1) is 22.8. The molecule has 0 amide bonds. The van der Waals surface area contributed by atoms with Gasteiger partial charge < -0.3 is 19.5 Å². The number of piperazine rings is 1. The fourth-order valence-electron chi connectivity index (χ4n) is 7.78. The molecule has 13 heteroatoms. The van der Waals surface area contributed by atoms with Gasteiger partial charge in [-0.15, -0.1) is 0 Å². The van der Waals surface area contributed by atoms with E-state index < -0.39 is 23.3 Å². The average Bonchev–Trinajstić information content (AvgIpc) is 3.71. The number of alkyl halides is 1. The molecule has 10 nitrogen and oxygen atoms in total. The van der Waals surface area contributed by atoms with Crippen LogP contribution in [0.25, 0.3) is 32.9 Å². The van der Waals surface area contributed by atoms with Crippen molar-refractivity contribution in [2.24, 2.45) is 0 Å². The van der Waals surface area contributed by atoms with Crippen molar-refractivity contribution in [1.82, 2.24) is 24.8 Å². The largest absolute Gasteiger partial charge is 0.508 e. The standard InChI is InChI=1S/C34H34F3N7O3/c35-21-13-34(6-2-8-44(34)15-21)19-47-33-40-31-26(32(41-33)43-10-9-42(17-24-18-46-24)22(16-43)5-7-38)14-39-30(29(31)37)25-12-23(45)11-20-3-1-4-27(36)28(20)25/h1,3-4,11-12,14,21-22,24,45H,2,5-6,8-10,13,15-19H2/t21-,22+,24+,34+/m1/s1. The summed E-state index contributed by atoms with van der Waals surface area (Å²) in [5.74, 6) is -1.13. The lowest BCUT2D eigenvalue weighted by molar-refractivity contribution is 0.107. The highest BCUT2D eigenvalue weighted by molar-refractivity contribution is 6.00. The minimum absolute atomic E-state index is 0.0512. The number of fused-ring (bicyclic) bond motifs is 3. The quantitative estimate of drug-likeness (QED) is 0.273. The predicted molar refractivity (Wildman–Crippen MR) is 168 cm³/mol. The molecule has 47 heavy (non-hydrogen) atoms. The number of pyridine rings is 1. The van der Waals surface area contributed by atoms with Gasteiger partial charge in [0.15, 0.2) is 5.82 Å². The van der Waals surface area contributed by atoms with Gasteiger partial charge in [0.05, 0.1) is 36.1 Å². The molecule has 1 N–H and O–H groups in total. The molecule has 4 saturated heterocycles. The summed E-state index contributed by atoms with van der Waals surface area (Å²) in [7, 11) is 0. The fraction of sp³-hybridized carbons (Fsp3) is 0.471. The Labute approximate surface area is 269 Å². The SMILES string of the molecule is N#CC[C@H]1CN(c2nc(OC[C@@]34CCCN3C[C@H](F)C4)nc3c(F)c(-c4cc(O)cc5cccc(F)c45)ncc23)CCN1C[C@H]1CO1. The monoisotopic (exact) mass is 645 g/mol. The maximum atomic E-state index is 16.7. The van der Waals surface area contributed by atoms with Crippen LogP contribution in [0.2, 0.25) is 0 Å². The van der Waals surface area contributed by atoms with Crippen LogP contribution < -0.4 is 9.64 Å². The maximum Gasteiger partial charge on any atom is 0.319 e. The number of aromatic nitrogens is 3. The van der Waals surface area contributed by atoms with Crippen LogP contribution >= 0.6 is 0 Å². The summed E-state index contributed by atoms with van der Waals surface area (Å²) in [6.45, 7) is 4.42. The first-order valence-electron chi connectivity index (χ1n) is 16.1. The van der Waals surface area contributed by atoms with Crippen LogP contribution in [-0.2, 0) is 4.74 Å². The molecule has 0 saturated carbocycles. The van der Waals surface area contributed by atoms with E-state index >= 15 is 8.78 Å². The van der Waals surface area contributed by atoms with Gasteiger partial charge in [0.25, 0.3) is 0 Å². The molecule has 0 spiro atoms. The van der Waals surface area contributed by atoms with Gasteiger partial charge in [-0.2, -0.15) is 15.2 Å². The van der Waals surface area contributed by atoms with Crippen LogP contribution in [0.15, 0.2) is 36.5 Å². The first kappa shape index (κ1) is 30.1. The van der Waals surface area contributed by atoms with Gasteiger partial charge in [-0.25, -0.2) is 13.2 Å². The molecule has 8 rings (SSSR count). The topological polar surface area (TPSA) is 114 Å². The van der Waals surface area contributed by atoms with Crippen molar-refractivity contribution in [1.29, 1.82) is 5.26 Å². The fourth-order valence-corrected chi connectivity index (χ4v) is 7.78. The number of nitriles is 1. The second kappa shape index (κ2) is 11.8. The van der Waals surface area contributed by atoms with E-state index in [2.05, 4.69) is 25.8 Å². The molecule has 0 unspecified atom stereocenters. The lowest BCUT2D eigenvalue weighted by Crippen LogP contribution is -2.54. The zero-order valence-electron chi connectivity index (χ0n) is 25.7. The lowest BCUT2D eigenvalue weighted by Gasteiger charge is -2.41. The summed E-state index contributed by atoms with van der Waals surface area (Å²) >= 11 is 0. The van der Waals surface area contributed by atoms with Crippen molar-refractivity contribution in [3.8, 4) is 29.1 Å². The van der Waals surface area contributed by atoms with Crippen LogP contribution in [0.1, 0.15) is 25.7 Å². The van der Waals surface area contributed by atoms with E-state index in [-0.39, 0.29) is 52.7 Å². The third-order valence-corrected chi connectivity index (χ3v) is 10.1. The second-order valence-electron chi connectivity index (χ2n) is 13.1. The third-order valence-electron chi connectivity index (χ3n) is 10.1. The molecule has 2 aromatic carbocycles. The van der Waals surface area contributed by atoms with Crippen molar-refractivity contribution < 1.29 is 27.8 Å². The van der Waals surface area contributed by atoms with E-state index in [4.69, 9.17) is 14.5 Å². The molecule has 2 aromatic heterocycles. The van der Waals surface area contributed by atoms with Crippen LogP contribution in [0, 0.1) is 23.0 Å². The Hall–Kier alpha value is -4.25. The number of rotatable bonds is 8. The van der Waals surface area contributed by atoms with E-state index in [1.807, 2.05) is 4.90 Å². The van der Waals surface area contributed by atoms with Crippen molar-refractivity contribution in [3.05, 3.63) is 48.2 Å². The van der Waals surface area contributed by atoms with Gasteiger partial charge >= 0.3 is 6.01 Å². The van der Waals surface area contributed by atoms with Crippen LogP contribution in [0.4, 0.5) is 19.0 Å². The van der Waals surface area contributed by atoms with Crippen LogP contribution in [0.5, 0.6) is 11.8 Å². The number of halogens is 3. The zero-order chi connectivity index (χ0) is 32.3. The number of ether oxygens (including phenoxy) is 2. The molecular weight excluding hydrogens is 611 g/mol. The van der Waals surface area contributed by atoms with Gasteiger partial charge in [0.1, 0.15) is 41.4 Å². The summed E-state index contributed by atoms with van der Waals surface area (Å²) in [4.78, 5) is 20.1. The summed E-state index contributed by atoms with van der Waals surface area (Å²) in [6, 6.07) is 9.27. The zero-order valence-corrected chi connectivity index (χ0v) is 25.7. The van der Waals surface area contributed by atoms with Gasteiger partial charge in [-0.1, -0.05) is 12.1 Å². The highest BCUT2D eigenvalue weighted by Crippen LogP contribution is 2.41. The molecular formula is C34H34F3N7O3. The molecule has 4 aromatic rings. The maximum absolute atomic E-state index is 16.7. The number of hydrogen-bond acceptors (Lipinski definition) is 10. The van der Waals surface area contributed by atoms with Gasteiger partial charge in [0.2, 0.25) is 0 Å².